The van der Waals surface area contributed by atoms with Crippen LogP contribution in [0.5, 0.6) is 0 Å². The highest BCUT2D eigenvalue weighted by molar-refractivity contribution is 5.89. The Morgan fingerprint density at radius 3 is 2.96 bits per heavy atom. The predicted molar refractivity (Wildman–Crippen MR) is 81.7 cm³/mol. The number of aromatic amines is 1. The normalized spacial score (nSPS) is 16.6. The van der Waals surface area contributed by atoms with Gasteiger partial charge in [0.15, 0.2) is 0 Å². The highest BCUT2D eigenvalue weighted by atomic mass is 15.3. The molecule has 7 nitrogen and oxygen atoms in total. The van der Waals surface area contributed by atoms with Crippen LogP contribution in [0.15, 0.2) is 31.0 Å². The summed E-state index contributed by atoms with van der Waals surface area (Å²) in [5.41, 5.74) is 1.97. The standard InChI is InChI=1S/C16H13N7/c17-5-1-13(16(9-18)3-4-16)23-8-11(7-22-23)14-12-2-6-19-15(12)21-10-20-14/h2,6-8,10,13H,1,3-4H2,(H,19,20,21). The van der Waals surface area contributed by atoms with E-state index >= 15 is 0 Å². The van der Waals surface area contributed by atoms with Gasteiger partial charge in [-0.05, 0) is 18.9 Å². The van der Waals surface area contributed by atoms with Crippen LogP contribution in [0.4, 0.5) is 0 Å². The molecule has 1 fully saturated rings. The third-order valence-corrected chi connectivity index (χ3v) is 4.48. The molecule has 3 aromatic rings. The van der Waals surface area contributed by atoms with Crippen molar-refractivity contribution >= 4 is 11.0 Å². The van der Waals surface area contributed by atoms with Crippen LogP contribution in [-0.2, 0) is 0 Å². The summed E-state index contributed by atoms with van der Waals surface area (Å²) in [4.78, 5) is 11.6. The Balaban J connectivity index is 1.76. The van der Waals surface area contributed by atoms with Gasteiger partial charge < -0.3 is 4.98 Å². The third kappa shape index (κ3) is 2.06. The average Bonchev–Trinajstić information content (AvgIpc) is 2.99. The van der Waals surface area contributed by atoms with Crippen molar-refractivity contribution in [3.8, 4) is 23.4 Å². The van der Waals surface area contributed by atoms with Gasteiger partial charge in [-0.1, -0.05) is 0 Å². The molecule has 3 aromatic heterocycles. The zero-order valence-electron chi connectivity index (χ0n) is 12.3. The maximum absolute atomic E-state index is 9.43. The number of rotatable bonds is 4. The fourth-order valence-electron chi connectivity index (χ4n) is 3.02. The molecule has 1 N–H and O–H groups in total. The first-order valence-electron chi connectivity index (χ1n) is 7.38. The van der Waals surface area contributed by atoms with Crippen LogP contribution in [0.3, 0.4) is 0 Å². The Bertz CT molecular complexity index is 949. The molecule has 1 atom stereocenters. The summed E-state index contributed by atoms with van der Waals surface area (Å²) < 4.78 is 1.75. The minimum Gasteiger partial charge on any atom is -0.346 e. The molecule has 0 saturated heterocycles. The SMILES string of the molecule is N#CCC(n1cc(-c2ncnc3[nH]ccc23)cn1)C1(C#N)CC1. The number of hydrogen-bond acceptors (Lipinski definition) is 5. The summed E-state index contributed by atoms with van der Waals surface area (Å²) in [5.74, 6) is 0. The summed E-state index contributed by atoms with van der Waals surface area (Å²) in [7, 11) is 0. The van der Waals surface area contributed by atoms with Gasteiger partial charge in [-0.25, -0.2) is 9.97 Å². The van der Waals surface area contributed by atoms with E-state index in [4.69, 9.17) is 5.26 Å². The van der Waals surface area contributed by atoms with E-state index in [1.165, 1.54) is 6.33 Å². The maximum Gasteiger partial charge on any atom is 0.141 e. The summed E-state index contributed by atoms with van der Waals surface area (Å²) in [6, 6.07) is 6.26. The van der Waals surface area contributed by atoms with Crippen molar-refractivity contribution in [1.82, 2.24) is 24.7 Å². The first-order valence-corrected chi connectivity index (χ1v) is 7.38. The van der Waals surface area contributed by atoms with Gasteiger partial charge in [0.25, 0.3) is 0 Å². The number of nitrogens with one attached hydrogen (secondary N) is 1. The molecule has 0 spiro atoms. The Kier molecular flexibility index (Phi) is 2.88. The van der Waals surface area contributed by atoms with Crippen molar-refractivity contribution in [2.45, 2.75) is 25.3 Å². The van der Waals surface area contributed by atoms with E-state index in [-0.39, 0.29) is 12.5 Å². The molecule has 0 bridgehead atoms. The molecule has 0 amide bonds. The molecule has 1 aliphatic rings. The number of nitriles is 2. The first-order chi connectivity index (χ1) is 11.3. The van der Waals surface area contributed by atoms with Crippen LogP contribution in [0.1, 0.15) is 25.3 Å². The zero-order valence-corrected chi connectivity index (χ0v) is 12.3. The Morgan fingerprint density at radius 1 is 1.35 bits per heavy atom. The van der Waals surface area contributed by atoms with Crippen molar-refractivity contribution in [1.29, 1.82) is 10.5 Å². The molecule has 3 heterocycles. The van der Waals surface area contributed by atoms with Crippen molar-refractivity contribution in [3.63, 3.8) is 0 Å². The topological polar surface area (TPSA) is 107 Å². The molecular formula is C16H13N7. The second-order valence-electron chi connectivity index (χ2n) is 5.82. The van der Waals surface area contributed by atoms with Gasteiger partial charge in [-0.15, -0.1) is 0 Å². The molecule has 1 aliphatic carbocycles. The van der Waals surface area contributed by atoms with E-state index in [0.717, 1.165) is 35.1 Å². The fraction of sp³-hybridized carbons (Fsp3) is 0.312. The lowest BCUT2D eigenvalue weighted by Crippen LogP contribution is -2.19. The van der Waals surface area contributed by atoms with E-state index in [2.05, 4.69) is 32.2 Å². The Morgan fingerprint density at radius 2 is 2.22 bits per heavy atom. The highest BCUT2D eigenvalue weighted by Crippen LogP contribution is 2.54. The monoisotopic (exact) mass is 303 g/mol. The number of aromatic nitrogens is 5. The Hall–Kier alpha value is -3.19. The van der Waals surface area contributed by atoms with Crippen LogP contribution in [-0.4, -0.2) is 24.7 Å². The summed E-state index contributed by atoms with van der Waals surface area (Å²) in [5, 5.41) is 23.8. The highest BCUT2D eigenvalue weighted by Gasteiger charge is 2.51. The van der Waals surface area contributed by atoms with Crippen molar-refractivity contribution in [3.05, 3.63) is 31.0 Å². The van der Waals surface area contributed by atoms with E-state index < -0.39 is 5.41 Å². The molecule has 112 valence electrons. The van der Waals surface area contributed by atoms with Crippen molar-refractivity contribution in [2.24, 2.45) is 5.41 Å². The minimum absolute atomic E-state index is 0.213. The molecule has 1 saturated carbocycles. The molecule has 7 heteroatoms. The molecule has 23 heavy (non-hydrogen) atoms. The lowest BCUT2D eigenvalue weighted by molar-refractivity contribution is 0.350. The van der Waals surface area contributed by atoms with Crippen LogP contribution >= 0.6 is 0 Å². The van der Waals surface area contributed by atoms with Crippen LogP contribution < -0.4 is 0 Å². The van der Waals surface area contributed by atoms with Crippen LogP contribution in [0.2, 0.25) is 0 Å². The first kappa shape index (κ1) is 13.5. The molecule has 0 aromatic carbocycles. The number of fused-ring (bicyclic) bond motifs is 1. The summed E-state index contributed by atoms with van der Waals surface area (Å²) in [6.07, 6.45) is 8.84. The van der Waals surface area contributed by atoms with E-state index in [9.17, 15) is 5.26 Å². The van der Waals surface area contributed by atoms with Crippen molar-refractivity contribution < 1.29 is 0 Å². The number of H-pyrrole nitrogens is 1. The Labute approximate surface area is 132 Å². The van der Waals surface area contributed by atoms with Gasteiger partial charge >= 0.3 is 0 Å². The smallest absolute Gasteiger partial charge is 0.141 e. The summed E-state index contributed by atoms with van der Waals surface area (Å²) in [6.45, 7) is 0. The minimum atomic E-state index is -0.450. The van der Waals surface area contributed by atoms with E-state index in [1.54, 1.807) is 10.9 Å². The third-order valence-electron chi connectivity index (χ3n) is 4.48. The molecule has 1 unspecified atom stereocenters. The zero-order chi connectivity index (χ0) is 15.9. The average molecular weight is 303 g/mol. The maximum atomic E-state index is 9.43. The van der Waals surface area contributed by atoms with Gasteiger partial charge in [0.05, 0.1) is 41.9 Å². The fourth-order valence-corrected chi connectivity index (χ4v) is 3.02. The lowest BCUT2D eigenvalue weighted by atomic mass is 9.96. The van der Waals surface area contributed by atoms with Gasteiger partial charge in [0.2, 0.25) is 0 Å². The molecule has 4 rings (SSSR count). The second kappa shape index (κ2) is 4.92. The van der Waals surface area contributed by atoms with E-state index in [1.807, 2.05) is 18.5 Å². The lowest BCUT2D eigenvalue weighted by Gasteiger charge is -2.18. The van der Waals surface area contributed by atoms with Crippen molar-refractivity contribution in [2.75, 3.05) is 0 Å². The number of hydrogen-bond donors (Lipinski definition) is 1. The number of nitrogens with zero attached hydrogens (tertiary/aromatic N) is 6. The van der Waals surface area contributed by atoms with Crippen LogP contribution in [0.25, 0.3) is 22.3 Å². The van der Waals surface area contributed by atoms with Gasteiger partial charge in [0, 0.05) is 23.3 Å². The predicted octanol–water partition coefficient (Wildman–Crippen LogP) is 2.58. The molecule has 0 aliphatic heterocycles. The summed E-state index contributed by atoms with van der Waals surface area (Å²) >= 11 is 0. The quantitative estimate of drug-likeness (QED) is 0.797. The van der Waals surface area contributed by atoms with E-state index in [0.29, 0.717) is 0 Å². The largest absolute Gasteiger partial charge is 0.346 e. The second-order valence-corrected chi connectivity index (χ2v) is 5.82. The molecular weight excluding hydrogens is 290 g/mol. The molecule has 0 radical (unpaired) electrons. The van der Waals surface area contributed by atoms with Gasteiger partial charge in [-0.2, -0.15) is 15.6 Å². The van der Waals surface area contributed by atoms with Gasteiger partial charge in [0.1, 0.15) is 12.0 Å². The van der Waals surface area contributed by atoms with Crippen LogP contribution in [0, 0.1) is 28.1 Å². The van der Waals surface area contributed by atoms with Gasteiger partial charge in [-0.3, -0.25) is 4.68 Å².